The third kappa shape index (κ3) is 3.09. The van der Waals surface area contributed by atoms with E-state index in [0.717, 1.165) is 15.7 Å². The zero-order chi connectivity index (χ0) is 16.4. The Balaban J connectivity index is 2.20. The maximum absolute atomic E-state index is 12.5. The van der Waals surface area contributed by atoms with Crippen LogP contribution >= 0.6 is 15.9 Å². The van der Waals surface area contributed by atoms with Crippen molar-refractivity contribution in [3.8, 4) is 5.75 Å². The summed E-state index contributed by atoms with van der Waals surface area (Å²) in [5.74, 6) is -0.110. The zero-order valence-electron chi connectivity index (χ0n) is 12.1. The number of anilines is 1. The molecule has 1 heterocycles. The number of hydrogen-bond donors (Lipinski definition) is 4. The lowest BCUT2D eigenvalue weighted by Crippen LogP contribution is -2.20. The number of halogens is 1. The minimum Gasteiger partial charge on any atom is -0.508 e. The van der Waals surface area contributed by atoms with E-state index in [1.807, 2.05) is 18.2 Å². The lowest BCUT2D eigenvalue weighted by atomic mass is 10.00. The first-order valence-electron chi connectivity index (χ1n) is 7.10. The predicted molar refractivity (Wildman–Crippen MR) is 92.8 cm³/mol. The Bertz CT molecular complexity index is 802. The molecule has 0 aromatic heterocycles. The van der Waals surface area contributed by atoms with Crippen LogP contribution in [0.4, 0.5) is 5.69 Å². The summed E-state index contributed by atoms with van der Waals surface area (Å²) in [7, 11) is 0. The Hall–Kier alpha value is -2.31. The molecule has 118 valence electrons. The molecule has 2 aromatic rings. The molecule has 0 atom stereocenters. The van der Waals surface area contributed by atoms with Crippen molar-refractivity contribution < 1.29 is 15.0 Å². The molecule has 0 saturated heterocycles. The van der Waals surface area contributed by atoms with Gasteiger partial charge in [0.1, 0.15) is 5.75 Å². The van der Waals surface area contributed by atoms with E-state index in [2.05, 4.69) is 26.6 Å². The van der Waals surface area contributed by atoms with Crippen LogP contribution in [-0.2, 0) is 4.79 Å². The average Bonchev–Trinajstić information content (AvgIpc) is 2.84. The van der Waals surface area contributed by atoms with Crippen LogP contribution in [0.1, 0.15) is 11.1 Å². The van der Waals surface area contributed by atoms with Gasteiger partial charge in [0.25, 0.3) is 5.91 Å². The molecular formula is C17H15BrN2O3. The normalized spacial score (nSPS) is 15.1. The first kappa shape index (κ1) is 15.6. The van der Waals surface area contributed by atoms with E-state index >= 15 is 0 Å². The molecule has 6 heteroatoms. The van der Waals surface area contributed by atoms with E-state index in [1.165, 1.54) is 0 Å². The molecule has 4 N–H and O–H groups in total. The van der Waals surface area contributed by atoms with E-state index < -0.39 is 0 Å². The number of aliphatic hydroxyl groups excluding tert-OH is 1. The minimum atomic E-state index is -0.220. The summed E-state index contributed by atoms with van der Waals surface area (Å²) in [5.41, 5.74) is 3.24. The quantitative estimate of drug-likeness (QED) is 0.620. The zero-order valence-corrected chi connectivity index (χ0v) is 13.7. The van der Waals surface area contributed by atoms with E-state index in [4.69, 9.17) is 5.11 Å². The van der Waals surface area contributed by atoms with Crippen molar-refractivity contribution in [3.63, 3.8) is 0 Å². The second-order valence-corrected chi connectivity index (χ2v) is 6.01. The number of aromatic hydroxyl groups is 1. The summed E-state index contributed by atoms with van der Waals surface area (Å²) in [5, 5.41) is 24.8. The lowest BCUT2D eigenvalue weighted by Gasteiger charge is -2.14. The number of aliphatic hydroxyl groups is 1. The van der Waals surface area contributed by atoms with Crippen molar-refractivity contribution in [3.05, 3.63) is 58.1 Å². The Kier molecular flexibility index (Phi) is 4.36. The van der Waals surface area contributed by atoms with Gasteiger partial charge in [-0.3, -0.25) is 4.79 Å². The molecule has 0 radical (unpaired) electrons. The van der Waals surface area contributed by atoms with Crippen molar-refractivity contribution in [1.29, 1.82) is 0 Å². The largest absolute Gasteiger partial charge is 0.508 e. The highest BCUT2D eigenvalue weighted by Crippen LogP contribution is 2.37. The summed E-state index contributed by atoms with van der Waals surface area (Å²) in [4.78, 5) is 12.5. The molecule has 0 aliphatic carbocycles. The molecule has 1 aliphatic rings. The highest BCUT2D eigenvalue weighted by Gasteiger charge is 2.28. The molecular weight excluding hydrogens is 360 g/mol. The van der Waals surface area contributed by atoms with E-state index in [0.29, 0.717) is 23.4 Å². The minimum absolute atomic E-state index is 0.0669. The number of amides is 1. The predicted octanol–water partition coefficient (Wildman–Crippen LogP) is 2.56. The van der Waals surface area contributed by atoms with Crippen molar-refractivity contribution in [2.45, 2.75) is 0 Å². The molecule has 5 nitrogen and oxygen atoms in total. The fraction of sp³-hybridized carbons (Fsp3) is 0.118. The van der Waals surface area contributed by atoms with Gasteiger partial charge in [0.2, 0.25) is 0 Å². The molecule has 0 fully saturated rings. The highest BCUT2D eigenvalue weighted by atomic mass is 79.9. The van der Waals surface area contributed by atoms with Crippen LogP contribution in [0, 0.1) is 0 Å². The standard InChI is InChI=1S/C17H15BrN2O3/c18-11-4-5-14-13(9-11)15(17(23)20-14)16(19-6-7-21)10-2-1-3-12(22)8-10/h1-5,8-9,19,21-22H,6-7H2,(H,20,23)/b16-15-. The van der Waals surface area contributed by atoms with Crippen LogP contribution in [0.25, 0.3) is 11.3 Å². The maximum atomic E-state index is 12.5. The molecule has 3 rings (SSSR count). The molecule has 0 spiro atoms. The van der Waals surface area contributed by atoms with E-state index in [-0.39, 0.29) is 18.3 Å². The lowest BCUT2D eigenvalue weighted by molar-refractivity contribution is -0.110. The van der Waals surface area contributed by atoms with Gasteiger partial charge in [0.05, 0.1) is 17.9 Å². The second kappa shape index (κ2) is 6.44. The van der Waals surface area contributed by atoms with Crippen LogP contribution in [0.15, 0.2) is 46.9 Å². The monoisotopic (exact) mass is 374 g/mol. The number of carbonyl (C=O) groups is 1. The van der Waals surface area contributed by atoms with Gasteiger partial charge in [0.15, 0.2) is 0 Å². The van der Waals surface area contributed by atoms with Crippen LogP contribution in [0.2, 0.25) is 0 Å². The van der Waals surface area contributed by atoms with Gasteiger partial charge in [-0.25, -0.2) is 0 Å². The Morgan fingerprint density at radius 3 is 2.78 bits per heavy atom. The molecule has 2 aromatic carbocycles. The third-order valence-corrected chi connectivity index (χ3v) is 4.02. The summed E-state index contributed by atoms with van der Waals surface area (Å²) in [6, 6.07) is 12.2. The number of rotatable bonds is 4. The Morgan fingerprint density at radius 2 is 2.04 bits per heavy atom. The number of carbonyl (C=O) groups excluding carboxylic acids is 1. The molecule has 1 aliphatic heterocycles. The number of nitrogens with one attached hydrogen (secondary N) is 2. The molecule has 0 bridgehead atoms. The van der Waals surface area contributed by atoms with Gasteiger partial charge >= 0.3 is 0 Å². The summed E-state index contributed by atoms with van der Waals surface area (Å²) >= 11 is 3.42. The van der Waals surface area contributed by atoms with Gasteiger partial charge in [-0.05, 0) is 30.3 Å². The smallest absolute Gasteiger partial charge is 0.258 e. The van der Waals surface area contributed by atoms with Gasteiger partial charge in [-0.15, -0.1) is 0 Å². The summed E-state index contributed by atoms with van der Waals surface area (Å²) < 4.78 is 0.864. The third-order valence-electron chi connectivity index (χ3n) is 3.52. The SMILES string of the molecule is O=C1Nc2ccc(Br)cc2/C1=C(/NCCO)c1cccc(O)c1. The number of phenolic OH excluding ortho intramolecular Hbond substituents is 1. The summed E-state index contributed by atoms with van der Waals surface area (Å²) in [6.45, 7) is 0.230. The number of benzene rings is 2. The molecule has 23 heavy (non-hydrogen) atoms. The van der Waals surface area contributed by atoms with Crippen LogP contribution in [-0.4, -0.2) is 29.3 Å². The van der Waals surface area contributed by atoms with Gasteiger partial charge in [0, 0.05) is 27.8 Å². The topological polar surface area (TPSA) is 81.6 Å². The van der Waals surface area contributed by atoms with Crippen molar-refractivity contribution in [2.75, 3.05) is 18.5 Å². The first-order valence-corrected chi connectivity index (χ1v) is 7.89. The van der Waals surface area contributed by atoms with Gasteiger partial charge in [-0.1, -0.05) is 28.1 Å². The molecule has 1 amide bonds. The first-order chi connectivity index (χ1) is 11.1. The second-order valence-electron chi connectivity index (χ2n) is 5.09. The fourth-order valence-corrected chi connectivity index (χ4v) is 2.93. The number of phenols is 1. The van der Waals surface area contributed by atoms with Crippen LogP contribution in [0.5, 0.6) is 5.75 Å². The van der Waals surface area contributed by atoms with E-state index in [9.17, 15) is 9.90 Å². The van der Waals surface area contributed by atoms with Crippen molar-refractivity contribution in [2.24, 2.45) is 0 Å². The summed E-state index contributed by atoms with van der Waals surface area (Å²) in [6.07, 6.45) is 0. The molecule has 0 unspecified atom stereocenters. The van der Waals surface area contributed by atoms with E-state index in [1.54, 1.807) is 24.3 Å². The van der Waals surface area contributed by atoms with Crippen molar-refractivity contribution in [1.82, 2.24) is 5.32 Å². The van der Waals surface area contributed by atoms with Crippen molar-refractivity contribution >= 4 is 38.8 Å². The van der Waals surface area contributed by atoms with Gasteiger partial charge in [-0.2, -0.15) is 0 Å². The van der Waals surface area contributed by atoms with Crippen LogP contribution in [0.3, 0.4) is 0 Å². The Morgan fingerprint density at radius 1 is 1.22 bits per heavy atom. The number of fused-ring (bicyclic) bond motifs is 1. The maximum Gasteiger partial charge on any atom is 0.258 e. The fourth-order valence-electron chi connectivity index (χ4n) is 2.56. The number of hydrogen-bond acceptors (Lipinski definition) is 4. The highest BCUT2D eigenvalue weighted by molar-refractivity contribution is 9.10. The van der Waals surface area contributed by atoms with Gasteiger partial charge < -0.3 is 20.8 Å². The van der Waals surface area contributed by atoms with Crippen LogP contribution < -0.4 is 10.6 Å². The molecule has 0 saturated carbocycles. The Labute approximate surface area is 141 Å². The average molecular weight is 375 g/mol.